The Morgan fingerprint density at radius 2 is 1.93 bits per heavy atom. The first kappa shape index (κ1) is 19.8. The summed E-state index contributed by atoms with van der Waals surface area (Å²) in [5.41, 5.74) is 1.88. The molecule has 0 aliphatic rings. The maximum absolute atomic E-state index is 12.2. The number of nitrogens with one attached hydrogen (secondary N) is 1. The number of anilines is 1. The normalized spacial score (nSPS) is 10.5. The lowest BCUT2D eigenvalue weighted by Gasteiger charge is -2.08. The van der Waals surface area contributed by atoms with Crippen LogP contribution in [-0.4, -0.2) is 33.5 Å². The van der Waals surface area contributed by atoms with Crippen LogP contribution in [0.2, 0.25) is 0 Å². The van der Waals surface area contributed by atoms with E-state index < -0.39 is 0 Å². The minimum Gasteiger partial charge on any atom is -0.497 e. The molecule has 1 amide bonds. The third kappa shape index (κ3) is 5.26. The number of rotatable bonds is 8. The van der Waals surface area contributed by atoms with Crippen LogP contribution in [0.4, 0.5) is 5.69 Å². The van der Waals surface area contributed by atoms with Gasteiger partial charge in [-0.25, -0.2) is 0 Å². The number of carbonyl (C=O) groups excluding carboxylic acids is 1. The van der Waals surface area contributed by atoms with Crippen LogP contribution >= 0.6 is 11.8 Å². The Bertz CT molecular complexity index is 958. The van der Waals surface area contributed by atoms with Crippen LogP contribution in [0, 0.1) is 6.92 Å². The zero-order valence-electron chi connectivity index (χ0n) is 16.0. The van der Waals surface area contributed by atoms with E-state index in [2.05, 4.69) is 15.5 Å². The fraction of sp³-hybridized carbons (Fsp3) is 0.250. The molecule has 7 nitrogen and oxygen atoms in total. The van der Waals surface area contributed by atoms with Crippen molar-refractivity contribution in [1.29, 1.82) is 0 Å². The summed E-state index contributed by atoms with van der Waals surface area (Å²) in [6, 6.07) is 15.1. The second-order valence-corrected chi connectivity index (χ2v) is 7.07. The molecule has 1 N–H and O–H groups in total. The Labute approximate surface area is 168 Å². The number of aryl methyl sites for hydroxylation is 1. The number of methoxy groups -OCH3 is 1. The lowest BCUT2D eigenvalue weighted by molar-refractivity contribution is -0.113. The van der Waals surface area contributed by atoms with Gasteiger partial charge in [0.2, 0.25) is 5.91 Å². The van der Waals surface area contributed by atoms with Gasteiger partial charge in [0, 0.05) is 18.8 Å². The number of amides is 1. The van der Waals surface area contributed by atoms with E-state index in [9.17, 15) is 4.79 Å². The maximum atomic E-state index is 12.2. The molecule has 0 bridgehead atoms. The van der Waals surface area contributed by atoms with E-state index in [1.165, 1.54) is 11.8 Å². The van der Waals surface area contributed by atoms with Crippen LogP contribution in [-0.2, 0) is 18.4 Å². The number of hydrogen-bond acceptors (Lipinski definition) is 6. The zero-order valence-corrected chi connectivity index (χ0v) is 16.8. The fourth-order valence-corrected chi connectivity index (χ4v) is 3.22. The number of nitrogens with zero attached hydrogens (tertiary/aromatic N) is 3. The van der Waals surface area contributed by atoms with Crippen LogP contribution in [0.15, 0.2) is 53.7 Å². The smallest absolute Gasteiger partial charge is 0.234 e. The highest BCUT2D eigenvalue weighted by molar-refractivity contribution is 7.99. The number of carbonyl (C=O) groups is 1. The molecular formula is C20H22N4O3S. The number of benzene rings is 2. The third-order valence-corrected chi connectivity index (χ3v) is 4.99. The number of hydrogen-bond donors (Lipinski definition) is 1. The molecule has 3 aromatic rings. The van der Waals surface area contributed by atoms with Crippen molar-refractivity contribution in [1.82, 2.24) is 14.8 Å². The van der Waals surface area contributed by atoms with Gasteiger partial charge in [-0.2, -0.15) is 0 Å². The number of thioether (sulfide) groups is 1. The Kier molecular flexibility index (Phi) is 6.54. The Morgan fingerprint density at radius 1 is 1.14 bits per heavy atom. The molecule has 146 valence electrons. The van der Waals surface area contributed by atoms with Gasteiger partial charge in [0.25, 0.3) is 0 Å². The Balaban J connectivity index is 1.53. The molecule has 0 aliphatic carbocycles. The van der Waals surface area contributed by atoms with Gasteiger partial charge in [-0.1, -0.05) is 30.0 Å². The molecule has 1 heterocycles. The van der Waals surface area contributed by atoms with Gasteiger partial charge < -0.3 is 19.4 Å². The van der Waals surface area contributed by atoms with Crippen LogP contribution in [0.5, 0.6) is 11.5 Å². The van der Waals surface area contributed by atoms with Crippen molar-refractivity contribution in [3.63, 3.8) is 0 Å². The molecule has 2 aromatic carbocycles. The monoisotopic (exact) mass is 398 g/mol. The summed E-state index contributed by atoms with van der Waals surface area (Å²) in [4.78, 5) is 12.2. The summed E-state index contributed by atoms with van der Waals surface area (Å²) < 4.78 is 12.8. The van der Waals surface area contributed by atoms with E-state index in [0.717, 1.165) is 17.0 Å². The van der Waals surface area contributed by atoms with E-state index in [1.807, 2.05) is 67.1 Å². The molecule has 0 aliphatic heterocycles. The van der Waals surface area contributed by atoms with Crippen molar-refractivity contribution in [2.24, 2.45) is 7.05 Å². The Hall–Kier alpha value is -3.00. The largest absolute Gasteiger partial charge is 0.497 e. The van der Waals surface area contributed by atoms with Gasteiger partial charge >= 0.3 is 0 Å². The quantitative estimate of drug-likeness (QED) is 0.586. The molecule has 8 heteroatoms. The van der Waals surface area contributed by atoms with Crippen molar-refractivity contribution in [2.75, 3.05) is 18.2 Å². The van der Waals surface area contributed by atoms with Crippen molar-refractivity contribution < 1.29 is 14.3 Å². The molecule has 0 spiro atoms. The van der Waals surface area contributed by atoms with E-state index in [0.29, 0.717) is 16.7 Å². The van der Waals surface area contributed by atoms with E-state index in [4.69, 9.17) is 9.47 Å². The highest BCUT2D eigenvalue weighted by atomic mass is 32.2. The number of ether oxygens (including phenoxy) is 2. The molecule has 0 unspecified atom stereocenters. The topological polar surface area (TPSA) is 78.3 Å². The van der Waals surface area contributed by atoms with Crippen LogP contribution < -0.4 is 14.8 Å². The molecule has 1 aromatic heterocycles. The average molecular weight is 398 g/mol. The van der Waals surface area contributed by atoms with Crippen molar-refractivity contribution in [2.45, 2.75) is 18.7 Å². The van der Waals surface area contributed by atoms with Crippen LogP contribution in [0.1, 0.15) is 11.4 Å². The zero-order chi connectivity index (χ0) is 19.9. The van der Waals surface area contributed by atoms with Gasteiger partial charge in [0.05, 0.1) is 12.9 Å². The van der Waals surface area contributed by atoms with Crippen molar-refractivity contribution >= 4 is 23.4 Å². The van der Waals surface area contributed by atoms with Gasteiger partial charge in [-0.3, -0.25) is 4.79 Å². The van der Waals surface area contributed by atoms with E-state index in [1.54, 1.807) is 7.11 Å². The van der Waals surface area contributed by atoms with Gasteiger partial charge in [0.15, 0.2) is 11.0 Å². The fourth-order valence-electron chi connectivity index (χ4n) is 2.49. The van der Waals surface area contributed by atoms with E-state index >= 15 is 0 Å². The van der Waals surface area contributed by atoms with Gasteiger partial charge in [0.1, 0.15) is 18.1 Å². The molecule has 0 fully saturated rings. The SMILES string of the molecule is COc1cccc(OCc2nnc(SCC(=O)Nc3cccc(C)c3)n2C)c1. The summed E-state index contributed by atoms with van der Waals surface area (Å²) >= 11 is 1.33. The molecule has 0 saturated carbocycles. The molecule has 0 radical (unpaired) electrons. The first-order valence-corrected chi connectivity index (χ1v) is 9.68. The minimum atomic E-state index is -0.0900. The first-order valence-electron chi connectivity index (χ1n) is 8.69. The third-order valence-electron chi connectivity index (χ3n) is 3.97. The highest BCUT2D eigenvalue weighted by Gasteiger charge is 2.12. The number of aromatic nitrogens is 3. The summed E-state index contributed by atoms with van der Waals surface area (Å²) in [6.45, 7) is 2.26. The minimum absolute atomic E-state index is 0.0900. The van der Waals surface area contributed by atoms with Gasteiger partial charge in [-0.05, 0) is 36.8 Å². The molecule has 28 heavy (non-hydrogen) atoms. The van der Waals surface area contributed by atoms with Crippen molar-refractivity contribution in [3.8, 4) is 11.5 Å². The predicted octanol–water partition coefficient (Wildman–Crippen LogP) is 3.44. The molecule has 3 rings (SSSR count). The molecule has 0 atom stereocenters. The molecule has 0 saturated heterocycles. The summed E-state index contributed by atoms with van der Waals surface area (Å²) in [5.74, 6) is 2.24. The average Bonchev–Trinajstić information content (AvgIpc) is 3.04. The lowest BCUT2D eigenvalue weighted by Crippen LogP contribution is -2.14. The highest BCUT2D eigenvalue weighted by Crippen LogP contribution is 2.21. The standard InChI is InChI=1S/C20H22N4O3S/c1-14-6-4-7-15(10-14)21-19(25)13-28-20-23-22-18(24(20)2)12-27-17-9-5-8-16(11-17)26-3/h4-11H,12-13H2,1-3H3,(H,21,25). The van der Waals surface area contributed by atoms with Gasteiger partial charge in [-0.15, -0.1) is 10.2 Å². The Morgan fingerprint density at radius 3 is 2.71 bits per heavy atom. The summed E-state index contributed by atoms with van der Waals surface area (Å²) in [5, 5.41) is 11.8. The second kappa shape index (κ2) is 9.27. The summed E-state index contributed by atoms with van der Waals surface area (Å²) in [6.07, 6.45) is 0. The second-order valence-electron chi connectivity index (χ2n) is 6.13. The van der Waals surface area contributed by atoms with Crippen LogP contribution in [0.25, 0.3) is 0 Å². The van der Waals surface area contributed by atoms with Crippen LogP contribution in [0.3, 0.4) is 0 Å². The lowest BCUT2D eigenvalue weighted by atomic mass is 10.2. The molecular weight excluding hydrogens is 376 g/mol. The predicted molar refractivity (Wildman–Crippen MR) is 109 cm³/mol. The first-order chi connectivity index (χ1) is 13.5. The van der Waals surface area contributed by atoms with Crippen molar-refractivity contribution in [3.05, 3.63) is 59.9 Å². The maximum Gasteiger partial charge on any atom is 0.234 e. The van der Waals surface area contributed by atoms with E-state index in [-0.39, 0.29) is 18.3 Å². The summed E-state index contributed by atoms with van der Waals surface area (Å²) in [7, 11) is 3.46.